The highest BCUT2D eigenvalue weighted by molar-refractivity contribution is 6.33. The van der Waals surface area contributed by atoms with Crippen LogP contribution in [0.5, 0.6) is 0 Å². The molecule has 9 heteroatoms. The van der Waals surface area contributed by atoms with Crippen molar-refractivity contribution in [2.24, 2.45) is 0 Å². The zero-order valence-electron chi connectivity index (χ0n) is 17.1. The Morgan fingerprint density at radius 1 is 1.23 bits per heavy atom. The van der Waals surface area contributed by atoms with Gasteiger partial charge in [-0.3, -0.25) is 4.98 Å². The summed E-state index contributed by atoms with van der Waals surface area (Å²) in [5.74, 6) is 0.915. The Morgan fingerprint density at radius 2 is 1.97 bits per heavy atom. The Balaban J connectivity index is 1.92. The lowest BCUT2D eigenvalue weighted by Gasteiger charge is -2.19. The van der Waals surface area contributed by atoms with E-state index in [4.69, 9.17) is 16.6 Å². The molecule has 1 aliphatic rings. The van der Waals surface area contributed by atoms with Gasteiger partial charge in [-0.1, -0.05) is 25.4 Å². The molecule has 3 heterocycles. The molecule has 0 aliphatic heterocycles. The minimum atomic E-state index is -4.50. The van der Waals surface area contributed by atoms with Gasteiger partial charge < -0.3 is 5.32 Å². The molecule has 0 spiro atoms. The van der Waals surface area contributed by atoms with Gasteiger partial charge in [0.1, 0.15) is 5.82 Å². The molecule has 0 atom stereocenters. The van der Waals surface area contributed by atoms with Gasteiger partial charge in [-0.2, -0.15) is 22.8 Å². The molecule has 0 saturated carbocycles. The van der Waals surface area contributed by atoms with Crippen LogP contribution in [0.2, 0.25) is 5.02 Å². The molecule has 30 heavy (non-hydrogen) atoms. The maximum absolute atomic E-state index is 13.0. The molecule has 3 aromatic heterocycles. The summed E-state index contributed by atoms with van der Waals surface area (Å²) in [7, 11) is 0. The topological polar surface area (TPSA) is 55.1 Å². The molecule has 0 unspecified atom stereocenters. The molecule has 0 saturated heterocycles. The molecular weight excluding hydrogens is 415 g/mol. The highest BCUT2D eigenvalue weighted by atomic mass is 35.5. The molecule has 0 radical (unpaired) electrons. The van der Waals surface area contributed by atoms with Crippen molar-refractivity contribution in [3.8, 4) is 11.3 Å². The largest absolute Gasteiger partial charge is 0.417 e. The van der Waals surface area contributed by atoms with Crippen LogP contribution < -0.4 is 5.32 Å². The lowest BCUT2D eigenvalue weighted by molar-refractivity contribution is -0.137. The van der Waals surface area contributed by atoms with E-state index in [1.165, 1.54) is 0 Å². The molecule has 5 nitrogen and oxygen atoms in total. The van der Waals surface area contributed by atoms with Gasteiger partial charge in [0.05, 0.1) is 27.5 Å². The number of anilines is 1. The maximum Gasteiger partial charge on any atom is 0.417 e. The van der Waals surface area contributed by atoms with E-state index in [1.807, 2.05) is 0 Å². The Labute approximate surface area is 177 Å². The van der Waals surface area contributed by atoms with E-state index in [0.717, 1.165) is 61.4 Å². The number of aromatic nitrogens is 4. The molecule has 0 aromatic carbocycles. The molecule has 0 bridgehead atoms. The third-order valence-corrected chi connectivity index (χ3v) is 5.98. The number of hydrogen-bond acceptors (Lipinski definition) is 4. The minimum absolute atomic E-state index is 0.0698. The lowest BCUT2D eigenvalue weighted by Crippen LogP contribution is -2.21. The normalized spacial score (nSPS) is 14.0. The first-order valence-corrected chi connectivity index (χ1v) is 10.5. The van der Waals surface area contributed by atoms with Gasteiger partial charge in [0.25, 0.3) is 0 Å². The van der Waals surface area contributed by atoms with Crippen LogP contribution >= 0.6 is 11.6 Å². The van der Waals surface area contributed by atoms with E-state index >= 15 is 0 Å². The van der Waals surface area contributed by atoms with E-state index < -0.39 is 11.7 Å². The lowest BCUT2D eigenvalue weighted by atomic mass is 10.1. The predicted molar refractivity (Wildman–Crippen MR) is 111 cm³/mol. The number of rotatable bonds is 5. The molecular formula is C21H23ClF3N5. The smallest absolute Gasteiger partial charge is 0.367 e. The SMILES string of the molecule is CCC(CC)Nc1c2c(nc3c(-c4ncc(C(F)(F)F)cc4Cl)c(C)nn13)CCC2. The average Bonchev–Trinajstić information content (AvgIpc) is 3.28. The maximum atomic E-state index is 13.0. The fraction of sp³-hybridized carbons (Fsp3) is 0.476. The van der Waals surface area contributed by atoms with E-state index in [0.29, 0.717) is 22.9 Å². The third-order valence-electron chi connectivity index (χ3n) is 5.70. The zero-order valence-corrected chi connectivity index (χ0v) is 17.8. The molecule has 0 fully saturated rings. The van der Waals surface area contributed by atoms with E-state index in [2.05, 4.69) is 29.2 Å². The Hall–Kier alpha value is -2.35. The summed E-state index contributed by atoms with van der Waals surface area (Å²) in [5.41, 5.74) is 3.29. The number of pyridine rings is 1. The zero-order chi connectivity index (χ0) is 21.6. The second-order valence-electron chi connectivity index (χ2n) is 7.64. The van der Waals surface area contributed by atoms with Crippen LogP contribution in [0.3, 0.4) is 0 Å². The van der Waals surface area contributed by atoms with Crippen LogP contribution in [-0.2, 0) is 19.0 Å². The first kappa shape index (κ1) is 20.9. The fourth-order valence-corrected chi connectivity index (χ4v) is 4.29. The number of nitrogens with zero attached hydrogens (tertiary/aromatic N) is 4. The summed E-state index contributed by atoms with van der Waals surface area (Å²) in [5, 5.41) is 8.22. The number of nitrogens with one attached hydrogen (secondary N) is 1. The van der Waals surface area contributed by atoms with Crippen molar-refractivity contribution in [3.05, 3.63) is 39.8 Å². The summed E-state index contributed by atoms with van der Waals surface area (Å²) in [4.78, 5) is 8.87. The standard InChI is InChI=1S/C21H23ClF3N5/c1-4-13(5-2)27-19-14-7-6-8-16(14)28-20-17(11(3)29-30(19)20)18-15(22)9-12(10-26-18)21(23,24)25/h9-10,13,27H,4-8H2,1-3H3. The van der Waals surface area contributed by atoms with E-state index in [1.54, 1.807) is 11.4 Å². The Kier molecular flexibility index (Phi) is 5.38. The van der Waals surface area contributed by atoms with Crippen molar-refractivity contribution in [2.45, 2.75) is 65.1 Å². The molecule has 3 aromatic rings. The van der Waals surface area contributed by atoms with Crippen molar-refractivity contribution in [3.63, 3.8) is 0 Å². The second kappa shape index (κ2) is 7.72. The molecule has 160 valence electrons. The van der Waals surface area contributed by atoms with Gasteiger partial charge in [0, 0.05) is 23.5 Å². The van der Waals surface area contributed by atoms with Gasteiger partial charge >= 0.3 is 6.18 Å². The van der Waals surface area contributed by atoms with Crippen molar-refractivity contribution in [1.82, 2.24) is 19.6 Å². The first-order chi connectivity index (χ1) is 14.2. The van der Waals surface area contributed by atoms with Crippen molar-refractivity contribution in [1.29, 1.82) is 0 Å². The Morgan fingerprint density at radius 3 is 2.60 bits per heavy atom. The van der Waals surface area contributed by atoms with Gasteiger partial charge in [-0.25, -0.2) is 4.98 Å². The summed E-state index contributed by atoms with van der Waals surface area (Å²) in [6.07, 6.45) is 1.04. The van der Waals surface area contributed by atoms with Crippen molar-refractivity contribution >= 4 is 23.1 Å². The fourth-order valence-electron chi connectivity index (χ4n) is 4.02. The van der Waals surface area contributed by atoms with Crippen LogP contribution in [0.1, 0.15) is 55.6 Å². The summed E-state index contributed by atoms with van der Waals surface area (Å²) < 4.78 is 40.9. The molecule has 4 rings (SSSR count). The van der Waals surface area contributed by atoms with Gasteiger partial charge in [-0.15, -0.1) is 0 Å². The monoisotopic (exact) mass is 437 g/mol. The van der Waals surface area contributed by atoms with Crippen LogP contribution in [0.4, 0.5) is 19.0 Å². The summed E-state index contributed by atoms with van der Waals surface area (Å²) >= 11 is 6.24. The van der Waals surface area contributed by atoms with Crippen LogP contribution in [0.15, 0.2) is 12.3 Å². The van der Waals surface area contributed by atoms with Gasteiger partial charge in [0.2, 0.25) is 0 Å². The van der Waals surface area contributed by atoms with Gasteiger partial charge in [-0.05, 0) is 45.1 Å². The van der Waals surface area contributed by atoms with Crippen LogP contribution in [-0.4, -0.2) is 25.6 Å². The predicted octanol–water partition coefficient (Wildman–Crippen LogP) is 5.86. The van der Waals surface area contributed by atoms with Crippen molar-refractivity contribution in [2.75, 3.05) is 5.32 Å². The Bertz CT molecular complexity index is 1100. The number of alkyl halides is 3. The average molecular weight is 438 g/mol. The van der Waals surface area contributed by atoms with Crippen molar-refractivity contribution < 1.29 is 13.2 Å². The van der Waals surface area contributed by atoms with Crippen LogP contribution in [0, 0.1) is 6.92 Å². The highest BCUT2D eigenvalue weighted by Gasteiger charge is 2.32. The quantitative estimate of drug-likeness (QED) is 0.543. The molecule has 1 N–H and O–H groups in total. The second-order valence-corrected chi connectivity index (χ2v) is 8.05. The highest BCUT2D eigenvalue weighted by Crippen LogP contribution is 2.38. The van der Waals surface area contributed by atoms with E-state index in [9.17, 15) is 13.2 Å². The molecule has 0 amide bonds. The minimum Gasteiger partial charge on any atom is -0.367 e. The first-order valence-electron chi connectivity index (χ1n) is 10.1. The molecule has 1 aliphatic carbocycles. The third kappa shape index (κ3) is 3.51. The van der Waals surface area contributed by atoms with E-state index in [-0.39, 0.29) is 10.7 Å². The van der Waals surface area contributed by atoms with Crippen LogP contribution in [0.25, 0.3) is 16.9 Å². The summed E-state index contributed by atoms with van der Waals surface area (Å²) in [6.45, 7) is 6.06. The summed E-state index contributed by atoms with van der Waals surface area (Å²) in [6, 6.07) is 1.20. The number of fused-ring (bicyclic) bond motifs is 2. The van der Waals surface area contributed by atoms with Gasteiger partial charge in [0.15, 0.2) is 5.65 Å². The number of aryl methyl sites for hydroxylation is 2. The number of hydrogen-bond donors (Lipinski definition) is 1. The number of halogens is 4.